The summed E-state index contributed by atoms with van der Waals surface area (Å²) in [5.41, 5.74) is -0.491. The fourth-order valence-electron chi connectivity index (χ4n) is 2.67. The van der Waals surface area contributed by atoms with Crippen molar-refractivity contribution in [3.05, 3.63) is 0 Å². The van der Waals surface area contributed by atoms with Crippen LogP contribution in [-0.2, 0) is 14.8 Å². The topological polar surface area (TPSA) is 86.7 Å². The Morgan fingerprint density at radius 1 is 1.43 bits per heavy atom. The quantitative estimate of drug-likeness (QED) is 0.694. The van der Waals surface area contributed by atoms with E-state index in [1.807, 2.05) is 20.8 Å². The smallest absolute Gasteiger partial charge is 0.238 e. The third kappa shape index (κ3) is 4.66. The second-order valence-electron chi connectivity index (χ2n) is 5.96. The molecule has 0 spiro atoms. The maximum absolute atomic E-state index is 12.5. The summed E-state index contributed by atoms with van der Waals surface area (Å²) in [5, 5.41) is 12.0. The zero-order valence-corrected chi connectivity index (χ0v) is 14.1. The van der Waals surface area contributed by atoms with Gasteiger partial charge in [0.1, 0.15) is 6.04 Å². The second-order valence-corrected chi connectivity index (χ2v) is 8.00. The summed E-state index contributed by atoms with van der Waals surface area (Å²) in [7, 11) is -3.36. The van der Waals surface area contributed by atoms with Gasteiger partial charge in [-0.2, -0.15) is 4.31 Å². The molecule has 21 heavy (non-hydrogen) atoms. The molecule has 6 nitrogen and oxygen atoms in total. The standard InChI is InChI=1S/C14H28N2O4S/c1-4-11-21(19,20)16-9-6-7-12(16)13(18)15-14(3,5-2)8-10-17/h12,17H,4-11H2,1-3H3,(H,15,18). The number of aliphatic hydroxyl groups excluding tert-OH is 1. The number of nitrogens with one attached hydrogen (secondary N) is 1. The summed E-state index contributed by atoms with van der Waals surface area (Å²) in [4.78, 5) is 12.5. The predicted octanol–water partition coefficient (Wildman–Crippen LogP) is 0.858. The molecule has 1 saturated heterocycles. The zero-order chi connectivity index (χ0) is 16.1. The number of carbonyl (C=O) groups excluding carboxylic acids is 1. The van der Waals surface area contributed by atoms with Crippen LogP contribution in [0.25, 0.3) is 0 Å². The van der Waals surface area contributed by atoms with Crippen molar-refractivity contribution in [3.8, 4) is 0 Å². The van der Waals surface area contributed by atoms with E-state index >= 15 is 0 Å². The van der Waals surface area contributed by atoms with E-state index < -0.39 is 21.6 Å². The van der Waals surface area contributed by atoms with Gasteiger partial charge in [-0.25, -0.2) is 8.42 Å². The molecule has 0 saturated carbocycles. The third-order valence-electron chi connectivity index (χ3n) is 4.19. The first-order valence-electron chi connectivity index (χ1n) is 7.72. The van der Waals surface area contributed by atoms with Crippen LogP contribution < -0.4 is 5.32 Å². The van der Waals surface area contributed by atoms with Gasteiger partial charge in [0.2, 0.25) is 15.9 Å². The van der Waals surface area contributed by atoms with Gasteiger partial charge in [0.05, 0.1) is 5.75 Å². The van der Waals surface area contributed by atoms with E-state index in [-0.39, 0.29) is 18.3 Å². The number of nitrogens with zero attached hydrogens (tertiary/aromatic N) is 1. The molecule has 1 amide bonds. The number of hydrogen-bond acceptors (Lipinski definition) is 4. The Kier molecular flexibility index (Phi) is 6.62. The lowest BCUT2D eigenvalue weighted by Crippen LogP contribution is -2.54. The van der Waals surface area contributed by atoms with Crippen molar-refractivity contribution >= 4 is 15.9 Å². The maximum atomic E-state index is 12.5. The number of carbonyl (C=O) groups is 1. The lowest BCUT2D eigenvalue weighted by molar-refractivity contribution is -0.126. The molecule has 7 heteroatoms. The van der Waals surface area contributed by atoms with Crippen molar-refractivity contribution in [1.29, 1.82) is 0 Å². The minimum absolute atomic E-state index is 0.00681. The monoisotopic (exact) mass is 320 g/mol. The van der Waals surface area contributed by atoms with Crippen molar-refractivity contribution in [1.82, 2.24) is 9.62 Å². The van der Waals surface area contributed by atoms with Gasteiger partial charge in [-0.15, -0.1) is 0 Å². The lowest BCUT2D eigenvalue weighted by atomic mass is 9.94. The van der Waals surface area contributed by atoms with E-state index in [0.717, 1.165) is 0 Å². The normalized spacial score (nSPS) is 23.0. The predicted molar refractivity (Wildman–Crippen MR) is 82.3 cm³/mol. The Balaban J connectivity index is 2.81. The van der Waals surface area contributed by atoms with Crippen LogP contribution in [0.1, 0.15) is 52.9 Å². The molecule has 0 aliphatic carbocycles. The van der Waals surface area contributed by atoms with E-state index in [9.17, 15) is 13.2 Å². The maximum Gasteiger partial charge on any atom is 0.238 e. The van der Waals surface area contributed by atoms with E-state index in [4.69, 9.17) is 5.11 Å². The first kappa shape index (κ1) is 18.4. The largest absolute Gasteiger partial charge is 0.396 e. The van der Waals surface area contributed by atoms with Gasteiger partial charge < -0.3 is 10.4 Å². The van der Waals surface area contributed by atoms with Crippen molar-refractivity contribution < 1.29 is 18.3 Å². The molecule has 1 aliphatic rings. The Labute approximate surface area is 128 Å². The van der Waals surface area contributed by atoms with Gasteiger partial charge in [0.25, 0.3) is 0 Å². The highest BCUT2D eigenvalue weighted by Gasteiger charge is 2.39. The highest BCUT2D eigenvalue weighted by atomic mass is 32.2. The molecular formula is C14H28N2O4S. The Morgan fingerprint density at radius 2 is 2.10 bits per heavy atom. The van der Waals surface area contributed by atoms with E-state index in [2.05, 4.69) is 5.32 Å². The molecule has 0 aromatic heterocycles. The molecule has 0 radical (unpaired) electrons. The summed E-state index contributed by atoms with van der Waals surface area (Å²) in [6.45, 7) is 6.05. The van der Waals surface area contributed by atoms with Gasteiger partial charge in [-0.05, 0) is 39.0 Å². The minimum Gasteiger partial charge on any atom is -0.396 e. The lowest BCUT2D eigenvalue weighted by Gasteiger charge is -2.32. The van der Waals surface area contributed by atoms with Crippen LogP contribution in [0.5, 0.6) is 0 Å². The Hall–Kier alpha value is -0.660. The fourth-order valence-corrected chi connectivity index (χ4v) is 4.41. The first-order chi connectivity index (χ1) is 9.79. The zero-order valence-electron chi connectivity index (χ0n) is 13.3. The van der Waals surface area contributed by atoms with E-state index in [1.165, 1.54) is 4.31 Å². The second kappa shape index (κ2) is 7.56. The fraction of sp³-hybridized carbons (Fsp3) is 0.929. The highest BCUT2D eigenvalue weighted by molar-refractivity contribution is 7.89. The summed E-state index contributed by atoms with van der Waals surface area (Å²) >= 11 is 0. The van der Waals surface area contributed by atoms with Crippen LogP contribution in [0.15, 0.2) is 0 Å². The Bertz CT molecular complexity index is 452. The molecule has 1 aliphatic heterocycles. The van der Waals surface area contributed by atoms with Crippen molar-refractivity contribution in [2.75, 3.05) is 18.9 Å². The Morgan fingerprint density at radius 3 is 2.62 bits per heavy atom. The molecule has 0 aromatic rings. The van der Waals surface area contributed by atoms with Crippen molar-refractivity contribution in [3.63, 3.8) is 0 Å². The first-order valence-corrected chi connectivity index (χ1v) is 9.33. The van der Waals surface area contributed by atoms with Crippen molar-refractivity contribution in [2.45, 2.75) is 64.5 Å². The average molecular weight is 320 g/mol. The number of sulfonamides is 1. The van der Waals surface area contributed by atoms with Crippen LogP contribution in [-0.4, -0.2) is 54.2 Å². The molecule has 2 N–H and O–H groups in total. The molecule has 1 heterocycles. The van der Waals surface area contributed by atoms with Gasteiger partial charge >= 0.3 is 0 Å². The molecule has 2 atom stereocenters. The number of amides is 1. The highest BCUT2D eigenvalue weighted by Crippen LogP contribution is 2.23. The number of rotatable bonds is 8. The molecule has 1 fully saturated rings. The number of hydrogen-bond donors (Lipinski definition) is 2. The summed E-state index contributed by atoms with van der Waals surface area (Å²) in [6.07, 6.45) is 2.97. The molecule has 0 aromatic carbocycles. The van der Waals surface area contributed by atoms with Crippen LogP contribution in [0.2, 0.25) is 0 Å². The minimum atomic E-state index is -3.36. The van der Waals surface area contributed by atoms with Crippen LogP contribution in [0.3, 0.4) is 0 Å². The molecule has 1 rings (SSSR count). The van der Waals surface area contributed by atoms with Crippen molar-refractivity contribution in [2.24, 2.45) is 0 Å². The molecule has 124 valence electrons. The van der Waals surface area contributed by atoms with E-state index in [0.29, 0.717) is 38.6 Å². The molecule has 2 unspecified atom stereocenters. The van der Waals surface area contributed by atoms with Crippen LogP contribution in [0, 0.1) is 0 Å². The van der Waals surface area contributed by atoms with Crippen LogP contribution in [0.4, 0.5) is 0 Å². The molecule has 0 bridgehead atoms. The average Bonchev–Trinajstić information content (AvgIpc) is 2.89. The third-order valence-corrected chi connectivity index (χ3v) is 6.27. The van der Waals surface area contributed by atoms with E-state index in [1.54, 1.807) is 0 Å². The summed E-state index contributed by atoms with van der Waals surface area (Å²) < 4.78 is 25.8. The van der Waals surface area contributed by atoms with Crippen LogP contribution >= 0.6 is 0 Å². The van der Waals surface area contributed by atoms with Gasteiger partial charge in [0.15, 0.2) is 0 Å². The SMILES string of the molecule is CCCS(=O)(=O)N1CCCC1C(=O)NC(C)(CC)CCO. The number of aliphatic hydroxyl groups is 1. The van der Waals surface area contributed by atoms with Gasteiger partial charge in [-0.3, -0.25) is 4.79 Å². The summed E-state index contributed by atoms with van der Waals surface area (Å²) in [5.74, 6) is -0.164. The summed E-state index contributed by atoms with van der Waals surface area (Å²) in [6, 6.07) is -0.605. The van der Waals surface area contributed by atoms with Gasteiger partial charge in [0, 0.05) is 18.7 Å². The molecular weight excluding hydrogens is 292 g/mol. The van der Waals surface area contributed by atoms with Gasteiger partial charge in [-0.1, -0.05) is 13.8 Å².